The van der Waals surface area contributed by atoms with Crippen LogP contribution in [0, 0.1) is 0 Å². The summed E-state index contributed by atoms with van der Waals surface area (Å²) in [5.74, 6) is 3.15. The van der Waals surface area contributed by atoms with E-state index < -0.39 is 0 Å². The van der Waals surface area contributed by atoms with Crippen molar-refractivity contribution in [3.05, 3.63) is 53.7 Å². The quantitative estimate of drug-likeness (QED) is 0.788. The van der Waals surface area contributed by atoms with Crippen LogP contribution in [-0.2, 0) is 6.42 Å². The fourth-order valence-electron chi connectivity index (χ4n) is 3.02. The molecule has 0 bridgehead atoms. The van der Waals surface area contributed by atoms with Gasteiger partial charge in [0.15, 0.2) is 5.89 Å². The van der Waals surface area contributed by atoms with Gasteiger partial charge in [-0.25, -0.2) is 4.98 Å². The second-order valence-corrected chi connectivity index (χ2v) is 6.35. The molecule has 2 aliphatic carbocycles. The van der Waals surface area contributed by atoms with E-state index in [2.05, 4.69) is 40.6 Å². The van der Waals surface area contributed by atoms with E-state index in [0.29, 0.717) is 11.8 Å². The van der Waals surface area contributed by atoms with Gasteiger partial charge in [-0.3, -0.25) is 0 Å². The minimum Gasteiger partial charge on any atom is -0.445 e. The first-order valence-electron chi connectivity index (χ1n) is 8.13. The minimum absolute atomic E-state index is 0.540. The summed E-state index contributed by atoms with van der Waals surface area (Å²) in [6.45, 7) is 1.08. The summed E-state index contributed by atoms with van der Waals surface area (Å²) >= 11 is 0. The van der Waals surface area contributed by atoms with Gasteiger partial charge in [0, 0.05) is 18.4 Å². The third-order valence-corrected chi connectivity index (χ3v) is 4.53. The maximum absolute atomic E-state index is 5.94. The average molecular weight is 282 g/mol. The van der Waals surface area contributed by atoms with Gasteiger partial charge in [0.05, 0.1) is 6.20 Å². The molecule has 2 saturated carbocycles. The highest BCUT2D eigenvalue weighted by Gasteiger charge is 2.42. The smallest absolute Gasteiger partial charge is 0.194 e. The Hall–Kier alpha value is -1.61. The molecule has 1 aromatic heterocycles. The highest BCUT2D eigenvalue weighted by atomic mass is 16.4. The molecule has 0 saturated heterocycles. The van der Waals surface area contributed by atoms with Gasteiger partial charge in [-0.1, -0.05) is 30.3 Å². The molecule has 0 aliphatic heterocycles. The van der Waals surface area contributed by atoms with Crippen LogP contribution in [0.4, 0.5) is 0 Å². The predicted molar refractivity (Wildman–Crippen MR) is 82.4 cm³/mol. The molecular formula is C18H22N2O. The van der Waals surface area contributed by atoms with Crippen LogP contribution < -0.4 is 5.32 Å². The number of oxazole rings is 1. The van der Waals surface area contributed by atoms with Crippen molar-refractivity contribution in [2.24, 2.45) is 0 Å². The molecule has 3 nitrogen and oxygen atoms in total. The summed E-state index contributed by atoms with van der Waals surface area (Å²) in [5, 5.41) is 3.53. The number of benzene rings is 1. The zero-order valence-electron chi connectivity index (χ0n) is 12.3. The Bertz CT molecular complexity index is 588. The minimum atomic E-state index is 0.540. The van der Waals surface area contributed by atoms with Gasteiger partial charge in [0.1, 0.15) is 5.76 Å². The monoisotopic (exact) mass is 282 g/mol. The van der Waals surface area contributed by atoms with Gasteiger partial charge in [-0.2, -0.15) is 0 Å². The number of aryl methyl sites for hydroxylation is 1. The fraction of sp³-hybridized carbons (Fsp3) is 0.500. The second kappa shape index (κ2) is 5.64. The van der Waals surface area contributed by atoms with E-state index in [1.807, 2.05) is 6.20 Å². The van der Waals surface area contributed by atoms with Crippen LogP contribution >= 0.6 is 0 Å². The van der Waals surface area contributed by atoms with Crippen LogP contribution in [0.25, 0.3) is 0 Å². The Morgan fingerprint density at radius 3 is 2.81 bits per heavy atom. The van der Waals surface area contributed by atoms with Gasteiger partial charge in [-0.15, -0.1) is 0 Å². The van der Waals surface area contributed by atoms with Crippen molar-refractivity contribution in [3.63, 3.8) is 0 Å². The van der Waals surface area contributed by atoms with E-state index in [0.717, 1.165) is 37.1 Å². The lowest BCUT2D eigenvalue weighted by molar-refractivity contribution is 0.445. The molecule has 2 unspecified atom stereocenters. The number of nitrogens with one attached hydrogen (secondary N) is 1. The fourth-order valence-corrected chi connectivity index (χ4v) is 3.02. The molecule has 0 amide bonds. The lowest BCUT2D eigenvalue weighted by Gasteiger charge is -2.00. The van der Waals surface area contributed by atoms with Crippen molar-refractivity contribution in [1.82, 2.24) is 10.3 Å². The third-order valence-electron chi connectivity index (χ3n) is 4.53. The predicted octanol–water partition coefficient (Wildman–Crippen LogP) is 3.63. The highest BCUT2D eigenvalue weighted by molar-refractivity contribution is 5.31. The zero-order valence-corrected chi connectivity index (χ0v) is 12.3. The largest absolute Gasteiger partial charge is 0.445 e. The molecule has 2 atom stereocenters. The van der Waals surface area contributed by atoms with Crippen LogP contribution in [0.1, 0.15) is 54.7 Å². The lowest BCUT2D eigenvalue weighted by Crippen LogP contribution is -2.17. The van der Waals surface area contributed by atoms with Gasteiger partial charge in [0.25, 0.3) is 0 Å². The van der Waals surface area contributed by atoms with E-state index in [1.54, 1.807) is 0 Å². The first kappa shape index (κ1) is 13.1. The second-order valence-electron chi connectivity index (χ2n) is 6.35. The summed E-state index contributed by atoms with van der Waals surface area (Å²) in [6, 6.07) is 11.5. The summed E-state index contributed by atoms with van der Waals surface area (Å²) in [7, 11) is 0. The number of rotatable bonds is 7. The van der Waals surface area contributed by atoms with Gasteiger partial charge in [0.2, 0.25) is 0 Å². The Morgan fingerprint density at radius 1 is 1.14 bits per heavy atom. The van der Waals surface area contributed by atoms with Crippen LogP contribution in [0.15, 0.2) is 40.9 Å². The molecule has 2 fully saturated rings. The molecule has 1 aromatic carbocycles. The van der Waals surface area contributed by atoms with Crippen molar-refractivity contribution in [2.75, 3.05) is 6.54 Å². The number of aromatic nitrogens is 1. The molecule has 0 spiro atoms. The molecule has 2 aliphatic rings. The van der Waals surface area contributed by atoms with Crippen molar-refractivity contribution >= 4 is 0 Å². The van der Waals surface area contributed by atoms with E-state index >= 15 is 0 Å². The maximum Gasteiger partial charge on any atom is 0.194 e. The highest BCUT2D eigenvalue weighted by Crippen LogP contribution is 2.54. The zero-order chi connectivity index (χ0) is 14.1. The SMILES string of the molecule is c1ccc(C2CC2c2cnc(CCCNC3CC3)o2)cc1. The van der Waals surface area contributed by atoms with E-state index in [-0.39, 0.29) is 0 Å². The maximum atomic E-state index is 5.94. The van der Waals surface area contributed by atoms with E-state index in [1.165, 1.54) is 24.8 Å². The summed E-state index contributed by atoms with van der Waals surface area (Å²) in [6.07, 6.45) is 7.90. The number of hydrogen-bond donors (Lipinski definition) is 1. The first-order valence-corrected chi connectivity index (χ1v) is 8.13. The van der Waals surface area contributed by atoms with Gasteiger partial charge < -0.3 is 9.73 Å². The molecule has 110 valence electrons. The summed E-state index contributed by atoms with van der Waals surface area (Å²) < 4.78 is 5.94. The van der Waals surface area contributed by atoms with Crippen molar-refractivity contribution < 1.29 is 4.42 Å². The molecular weight excluding hydrogens is 260 g/mol. The molecule has 0 radical (unpaired) electrons. The average Bonchev–Trinajstić information content (AvgIpc) is 3.44. The number of nitrogens with zero attached hydrogens (tertiary/aromatic N) is 1. The Labute approximate surface area is 125 Å². The van der Waals surface area contributed by atoms with Gasteiger partial charge in [-0.05, 0) is 43.7 Å². The van der Waals surface area contributed by atoms with Crippen LogP contribution in [0.2, 0.25) is 0 Å². The van der Waals surface area contributed by atoms with Gasteiger partial charge >= 0.3 is 0 Å². The van der Waals surface area contributed by atoms with Crippen molar-refractivity contribution in [1.29, 1.82) is 0 Å². The number of hydrogen-bond acceptors (Lipinski definition) is 3. The molecule has 1 N–H and O–H groups in total. The topological polar surface area (TPSA) is 38.1 Å². The van der Waals surface area contributed by atoms with Crippen LogP contribution in [0.3, 0.4) is 0 Å². The van der Waals surface area contributed by atoms with Crippen LogP contribution in [0.5, 0.6) is 0 Å². The summed E-state index contributed by atoms with van der Waals surface area (Å²) in [5.41, 5.74) is 1.43. The first-order chi connectivity index (χ1) is 10.4. The summed E-state index contributed by atoms with van der Waals surface area (Å²) in [4.78, 5) is 4.44. The molecule has 3 heteroatoms. The Kier molecular flexibility index (Phi) is 3.52. The van der Waals surface area contributed by atoms with E-state index in [9.17, 15) is 0 Å². The van der Waals surface area contributed by atoms with Crippen molar-refractivity contribution in [3.8, 4) is 0 Å². The molecule has 2 aromatic rings. The lowest BCUT2D eigenvalue weighted by atomic mass is 10.1. The standard InChI is InChI=1S/C18H22N2O/c1-2-5-13(6-3-1)15-11-16(15)17-12-20-18(21-17)7-4-10-19-14-8-9-14/h1-3,5-6,12,14-16,19H,4,7-11H2. The molecule has 21 heavy (non-hydrogen) atoms. The van der Waals surface area contributed by atoms with Crippen molar-refractivity contribution in [2.45, 2.75) is 50.0 Å². The van der Waals surface area contributed by atoms with E-state index in [4.69, 9.17) is 4.42 Å². The molecule has 1 heterocycles. The van der Waals surface area contributed by atoms with Crippen LogP contribution in [-0.4, -0.2) is 17.6 Å². The third kappa shape index (κ3) is 3.18. The molecule has 4 rings (SSSR count). The Morgan fingerprint density at radius 2 is 2.00 bits per heavy atom. The Balaban J connectivity index is 1.29. The normalized spacial score (nSPS) is 24.2.